The molecule has 1 aliphatic heterocycles. The molecule has 0 amide bonds. The zero-order valence-corrected chi connectivity index (χ0v) is 12.5. The number of benzene rings is 1. The molecular formula is C12H14BrNO4S. The van der Waals surface area contributed by atoms with Gasteiger partial charge in [0.05, 0.1) is 16.6 Å². The van der Waals surface area contributed by atoms with Crippen LogP contribution in [-0.4, -0.2) is 37.0 Å². The van der Waals surface area contributed by atoms with Crippen molar-refractivity contribution in [2.75, 3.05) is 17.6 Å². The van der Waals surface area contributed by atoms with Crippen molar-refractivity contribution < 1.29 is 18.3 Å². The molecule has 0 saturated carbocycles. The van der Waals surface area contributed by atoms with E-state index in [1.807, 2.05) is 0 Å². The molecule has 5 nitrogen and oxygen atoms in total. The zero-order chi connectivity index (χ0) is 14.0. The second kappa shape index (κ2) is 5.50. The van der Waals surface area contributed by atoms with Crippen LogP contribution in [0.15, 0.2) is 22.7 Å². The van der Waals surface area contributed by atoms with Crippen LogP contribution in [0.3, 0.4) is 0 Å². The number of nitrogens with one attached hydrogen (secondary N) is 1. The van der Waals surface area contributed by atoms with E-state index in [1.54, 1.807) is 6.07 Å². The van der Waals surface area contributed by atoms with Crippen molar-refractivity contribution in [1.82, 2.24) is 0 Å². The Morgan fingerprint density at radius 3 is 2.74 bits per heavy atom. The van der Waals surface area contributed by atoms with E-state index in [-0.39, 0.29) is 16.6 Å². The molecule has 1 atom stereocenters. The van der Waals surface area contributed by atoms with Crippen LogP contribution >= 0.6 is 15.9 Å². The maximum absolute atomic E-state index is 11.7. The molecule has 2 rings (SSSR count). The summed E-state index contributed by atoms with van der Waals surface area (Å²) >= 11 is 3.28. The van der Waals surface area contributed by atoms with Gasteiger partial charge in [0.25, 0.3) is 0 Å². The molecule has 0 bridgehead atoms. The fourth-order valence-electron chi connectivity index (χ4n) is 2.10. The number of sulfone groups is 1. The maximum atomic E-state index is 11.7. The third kappa shape index (κ3) is 3.27. The molecule has 7 heteroatoms. The molecule has 19 heavy (non-hydrogen) atoms. The summed E-state index contributed by atoms with van der Waals surface area (Å²) in [5.41, 5.74) is 0.887. The normalized spacial score (nSPS) is 21.2. The highest BCUT2D eigenvalue weighted by Crippen LogP contribution is 2.26. The van der Waals surface area contributed by atoms with Gasteiger partial charge in [-0.25, -0.2) is 13.2 Å². The van der Waals surface area contributed by atoms with Crippen LogP contribution in [0.4, 0.5) is 5.69 Å². The number of hydrogen-bond donors (Lipinski definition) is 2. The maximum Gasteiger partial charge on any atom is 0.335 e. The molecule has 104 valence electrons. The number of anilines is 1. The highest BCUT2D eigenvalue weighted by molar-refractivity contribution is 9.10. The quantitative estimate of drug-likeness (QED) is 0.871. The minimum Gasteiger partial charge on any atom is -0.478 e. The van der Waals surface area contributed by atoms with Crippen LogP contribution < -0.4 is 5.32 Å². The molecule has 1 saturated heterocycles. The van der Waals surface area contributed by atoms with E-state index < -0.39 is 15.8 Å². The first-order chi connectivity index (χ1) is 8.90. The summed E-state index contributed by atoms with van der Waals surface area (Å²) in [5.74, 6) is -0.732. The van der Waals surface area contributed by atoms with Crippen LogP contribution in [-0.2, 0) is 9.84 Å². The fourth-order valence-corrected chi connectivity index (χ4v) is 4.39. The van der Waals surface area contributed by atoms with E-state index in [4.69, 9.17) is 5.11 Å². The van der Waals surface area contributed by atoms with Gasteiger partial charge >= 0.3 is 5.97 Å². The summed E-state index contributed by atoms with van der Waals surface area (Å²) in [6.07, 6.45) is 1.40. The van der Waals surface area contributed by atoms with Crippen molar-refractivity contribution >= 4 is 37.4 Å². The molecule has 1 heterocycles. The summed E-state index contributed by atoms with van der Waals surface area (Å²) < 4.78 is 24.0. The molecule has 1 aliphatic rings. The molecule has 0 aliphatic carbocycles. The van der Waals surface area contributed by atoms with Gasteiger partial charge in [-0.05, 0) is 47.0 Å². The number of carboxylic acids is 1. The van der Waals surface area contributed by atoms with Gasteiger partial charge in [0, 0.05) is 16.7 Å². The van der Waals surface area contributed by atoms with Crippen LogP contribution in [0.5, 0.6) is 0 Å². The summed E-state index contributed by atoms with van der Waals surface area (Å²) in [6.45, 7) is 0.355. The summed E-state index contributed by atoms with van der Waals surface area (Å²) in [5, 5.41) is 11.6. The Morgan fingerprint density at radius 2 is 2.21 bits per heavy atom. The number of carbonyl (C=O) groups is 1. The van der Waals surface area contributed by atoms with Crippen LogP contribution in [0, 0.1) is 0 Å². The summed E-state index contributed by atoms with van der Waals surface area (Å²) in [7, 11) is -2.96. The van der Waals surface area contributed by atoms with Crippen molar-refractivity contribution in [3.8, 4) is 0 Å². The van der Waals surface area contributed by atoms with Gasteiger partial charge in [-0.2, -0.15) is 0 Å². The first-order valence-corrected chi connectivity index (χ1v) is 8.39. The fraction of sp³-hybridized carbons (Fsp3) is 0.417. The monoisotopic (exact) mass is 347 g/mol. The Bertz CT molecular complexity index is 600. The second-order valence-electron chi connectivity index (χ2n) is 4.51. The Morgan fingerprint density at radius 1 is 1.47 bits per heavy atom. The predicted octanol–water partition coefficient (Wildman–Crippen LogP) is 2.14. The minimum absolute atomic E-state index is 0.186. The topological polar surface area (TPSA) is 83.5 Å². The largest absolute Gasteiger partial charge is 0.478 e. The number of rotatable bonds is 4. The molecule has 1 fully saturated rings. The Kier molecular flexibility index (Phi) is 4.15. The Hall–Kier alpha value is -1.08. The van der Waals surface area contributed by atoms with Gasteiger partial charge in [0.1, 0.15) is 0 Å². The first-order valence-electron chi connectivity index (χ1n) is 5.88. The minimum atomic E-state index is -2.96. The summed E-state index contributed by atoms with van der Waals surface area (Å²) in [6, 6.07) is 4.61. The average molecular weight is 348 g/mol. The lowest BCUT2D eigenvalue weighted by atomic mass is 10.2. The molecule has 1 unspecified atom stereocenters. The van der Waals surface area contributed by atoms with Gasteiger partial charge in [-0.3, -0.25) is 0 Å². The second-order valence-corrected chi connectivity index (χ2v) is 7.77. The van der Waals surface area contributed by atoms with E-state index in [0.29, 0.717) is 29.5 Å². The van der Waals surface area contributed by atoms with Gasteiger partial charge in [-0.1, -0.05) is 0 Å². The van der Waals surface area contributed by atoms with Gasteiger partial charge in [0.15, 0.2) is 9.84 Å². The predicted molar refractivity (Wildman–Crippen MR) is 76.4 cm³/mol. The van der Waals surface area contributed by atoms with Crippen LogP contribution in [0.25, 0.3) is 0 Å². The number of aromatic carboxylic acids is 1. The highest BCUT2D eigenvalue weighted by atomic mass is 79.9. The lowest BCUT2D eigenvalue weighted by molar-refractivity contribution is 0.0697. The van der Waals surface area contributed by atoms with E-state index in [0.717, 1.165) is 0 Å². The van der Waals surface area contributed by atoms with Gasteiger partial charge in [0.2, 0.25) is 0 Å². The van der Waals surface area contributed by atoms with Crippen LogP contribution in [0.2, 0.25) is 0 Å². The molecule has 1 aromatic rings. The lowest BCUT2D eigenvalue weighted by Gasteiger charge is -2.13. The first kappa shape index (κ1) is 14.3. The van der Waals surface area contributed by atoms with E-state index in [1.165, 1.54) is 12.1 Å². The molecule has 0 aromatic heterocycles. The van der Waals surface area contributed by atoms with Crippen molar-refractivity contribution in [3.63, 3.8) is 0 Å². The third-order valence-corrected chi connectivity index (χ3v) is 6.13. The lowest BCUT2D eigenvalue weighted by Crippen LogP contribution is -2.25. The zero-order valence-electron chi connectivity index (χ0n) is 10.1. The number of halogens is 1. The molecular weight excluding hydrogens is 334 g/mol. The Balaban J connectivity index is 2.06. The van der Waals surface area contributed by atoms with Crippen molar-refractivity contribution in [2.45, 2.75) is 18.1 Å². The van der Waals surface area contributed by atoms with Gasteiger partial charge < -0.3 is 10.4 Å². The SMILES string of the molecule is O=C(O)c1ccc(NCC2CCCS2(=O)=O)c(Br)c1. The highest BCUT2D eigenvalue weighted by Gasteiger charge is 2.30. The molecule has 0 radical (unpaired) electrons. The van der Waals surface area contributed by atoms with Crippen molar-refractivity contribution in [1.29, 1.82) is 0 Å². The molecule has 0 spiro atoms. The number of hydrogen-bond acceptors (Lipinski definition) is 4. The average Bonchev–Trinajstić information content (AvgIpc) is 2.66. The smallest absolute Gasteiger partial charge is 0.335 e. The van der Waals surface area contributed by atoms with Gasteiger partial charge in [-0.15, -0.1) is 0 Å². The van der Waals surface area contributed by atoms with Crippen molar-refractivity contribution in [3.05, 3.63) is 28.2 Å². The van der Waals surface area contributed by atoms with E-state index in [9.17, 15) is 13.2 Å². The standard InChI is InChI=1S/C12H14BrNO4S/c13-10-6-8(12(15)16)3-4-11(10)14-7-9-2-1-5-19(9,17)18/h3-4,6,9,14H,1-2,5,7H2,(H,15,16). The third-order valence-electron chi connectivity index (χ3n) is 3.20. The van der Waals surface area contributed by atoms with Crippen LogP contribution in [0.1, 0.15) is 23.2 Å². The van der Waals surface area contributed by atoms with E-state index in [2.05, 4.69) is 21.2 Å². The number of carboxylic acid groups (broad SMARTS) is 1. The Labute approximate surface area is 120 Å². The molecule has 1 aromatic carbocycles. The van der Waals surface area contributed by atoms with E-state index >= 15 is 0 Å². The molecule has 2 N–H and O–H groups in total. The summed E-state index contributed by atoms with van der Waals surface area (Å²) in [4.78, 5) is 10.8. The van der Waals surface area contributed by atoms with Crippen molar-refractivity contribution in [2.24, 2.45) is 0 Å².